The van der Waals surface area contributed by atoms with Gasteiger partial charge >= 0.3 is 0 Å². The van der Waals surface area contributed by atoms with E-state index in [1.165, 1.54) is 10.6 Å². The van der Waals surface area contributed by atoms with E-state index in [0.29, 0.717) is 38.2 Å². The van der Waals surface area contributed by atoms with E-state index in [4.69, 9.17) is 0 Å². The number of halogens is 1. The average Bonchev–Trinajstić information content (AvgIpc) is 3.55. The van der Waals surface area contributed by atoms with Gasteiger partial charge in [0.25, 0.3) is 11.8 Å². The molecule has 0 unspecified atom stereocenters. The Labute approximate surface area is 232 Å². The normalized spacial score (nSPS) is 20.4. The van der Waals surface area contributed by atoms with Crippen molar-refractivity contribution in [2.24, 2.45) is 0 Å². The van der Waals surface area contributed by atoms with Gasteiger partial charge in [-0.15, -0.1) is 0 Å². The molecule has 5 heterocycles. The van der Waals surface area contributed by atoms with Gasteiger partial charge in [0.1, 0.15) is 5.69 Å². The fourth-order valence-electron chi connectivity index (χ4n) is 4.77. The number of carbonyl (C=O) groups is 2. The maximum absolute atomic E-state index is 13.2. The number of hydrogen-bond acceptors (Lipinski definition) is 7. The summed E-state index contributed by atoms with van der Waals surface area (Å²) in [6.45, 7) is 2.30. The van der Waals surface area contributed by atoms with Gasteiger partial charge in [-0.3, -0.25) is 14.3 Å². The monoisotopic (exact) mass is 653 g/mol. The molecule has 1 saturated heterocycles. The lowest BCUT2D eigenvalue weighted by atomic mass is 10.1. The standard InChI is InChI=1S/C25H32IN7O4S/c1-38(36,37)32-13-9-19(10-14-32)33-17-22-23(30-33)25(35)27-11-4-2-3-5-12-31-16-18(15-26-31)20-7-6-8-21(28-20)24(34)29-22/h6-8,15-17,19H,2-5,9-14H2,1H3,(H,27,35)(H,29,34). The number of nitrogens with zero attached hydrogens (tertiary/aromatic N) is 5. The van der Waals surface area contributed by atoms with Crippen LogP contribution in [0.1, 0.15) is 71.2 Å². The van der Waals surface area contributed by atoms with Gasteiger partial charge in [-0.2, -0.15) is 5.10 Å². The van der Waals surface area contributed by atoms with Gasteiger partial charge in [-0.1, -0.05) is 18.9 Å². The molecule has 0 aromatic carbocycles. The summed E-state index contributed by atoms with van der Waals surface area (Å²) in [7, 11) is -3.25. The summed E-state index contributed by atoms with van der Waals surface area (Å²) in [5.74, 6) is -0.761. The predicted octanol–water partition coefficient (Wildman–Crippen LogP) is 2.78. The molecule has 2 aromatic rings. The number of sulfonamides is 1. The Morgan fingerprint density at radius 2 is 1.76 bits per heavy atom. The number of fused-ring (bicyclic) bond motifs is 5. The zero-order valence-electron chi connectivity index (χ0n) is 21.3. The fraction of sp³-hybridized carbons (Fsp3) is 0.480. The molecule has 0 atom stereocenters. The molecule has 0 aliphatic carbocycles. The van der Waals surface area contributed by atoms with Crippen molar-refractivity contribution < 1.29 is 18.0 Å². The quantitative estimate of drug-likeness (QED) is 0.377. The topological polar surface area (TPSA) is 130 Å². The number of allylic oxidation sites excluding steroid dienone is 1. The minimum atomic E-state index is -3.25. The van der Waals surface area contributed by atoms with Crippen LogP contribution in [-0.2, 0) is 10.0 Å². The van der Waals surface area contributed by atoms with Crippen LogP contribution in [-0.4, -0.2) is 78.9 Å². The van der Waals surface area contributed by atoms with Crippen LogP contribution in [0.5, 0.6) is 0 Å². The van der Waals surface area contributed by atoms with Crippen molar-refractivity contribution in [3.05, 3.63) is 47.7 Å². The highest BCUT2D eigenvalue weighted by molar-refractivity contribution is 14.2. The van der Waals surface area contributed by atoms with Crippen molar-refractivity contribution in [3.63, 3.8) is 0 Å². The van der Waals surface area contributed by atoms with Crippen LogP contribution in [0.15, 0.2) is 30.6 Å². The lowest BCUT2D eigenvalue weighted by Crippen LogP contribution is -2.38. The summed E-state index contributed by atoms with van der Waals surface area (Å²) in [5.41, 5.74) is 2.52. The van der Waals surface area contributed by atoms with Crippen LogP contribution in [0.3, 0.4) is 0 Å². The van der Waals surface area contributed by atoms with Crippen molar-refractivity contribution in [2.45, 2.75) is 44.6 Å². The van der Waals surface area contributed by atoms with Crippen LogP contribution in [0.2, 0.25) is 0 Å². The summed E-state index contributed by atoms with van der Waals surface area (Å²) in [4.78, 5) is 30.9. The first-order chi connectivity index (χ1) is 18.3. The first-order valence-corrected chi connectivity index (χ1v) is 16.9. The Morgan fingerprint density at radius 1 is 1.00 bits per heavy atom. The molecule has 3 aliphatic heterocycles. The summed E-state index contributed by atoms with van der Waals surface area (Å²) in [5, 5.41) is 10.4. The zero-order valence-corrected chi connectivity index (χ0v) is 24.2. The highest BCUT2D eigenvalue weighted by Gasteiger charge is 2.28. The number of hydrogen-bond donors (Lipinski definition) is 2. The number of aromatic nitrogens is 3. The van der Waals surface area contributed by atoms with Crippen LogP contribution in [0, 0.1) is 0 Å². The van der Waals surface area contributed by atoms with Crippen LogP contribution >= 0.6 is 21.0 Å². The Kier molecular flexibility index (Phi) is 8.23. The second-order valence-electron chi connectivity index (χ2n) is 9.71. The molecule has 2 N–H and O–H groups in total. The first-order valence-electron chi connectivity index (χ1n) is 12.8. The average molecular weight is 654 g/mol. The number of carbonyl (C=O) groups excluding carboxylic acids is 2. The lowest BCUT2D eigenvalue weighted by Gasteiger charge is -2.30. The van der Waals surface area contributed by atoms with Gasteiger partial charge < -0.3 is 13.7 Å². The zero-order chi connectivity index (χ0) is 26.7. The molecule has 2 aromatic heterocycles. The van der Waals surface area contributed by atoms with E-state index >= 15 is 0 Å². The summed E-state index contributed by atoms with van der Waals surface area (Å²) < 4.78 is 31.5. The van der Waals surface area contributed by atoms with E-state index in [1.807, 2.05) is 12.1 Å². The molecule has 38 heavy (non-hydrogen) atoms. The van der Waals surface area contributed by atoms with Gasteiger partial charge in [-0.25, -0.2) is 17.7 Å². The minimum Gasteiger partial charge on any atom is -0.351 e. The largest absolute Gasteiger partial charge is 0.351 e. The molecule has 0 saturated carbocycles. The molecule has 0 spiro atoms. The number of amides is 2. The third-order valence-corrected chi connectivity index (χ3v) is 10.6. The number of rotatable bonds is 2. The smallest absolute Gasteiger partial charge is 0.274 e. The van der Waals surface area contributed by atoms with E-state index in [0.717, 1.165) is 43.5 Å². The van der Waals surface area contributed by atoms with E-state index in [2.05, 4.69) is 34.0 Å². The van der Waals surface area contributed by atoms with Crippen molar-refractivity contribution in [1.29, 1.82) is 0 Å². The first kappa shape index (κ1) is 26.9. The SMILES string of the molecule is CS(=O)(=O)N1CCC(n2cc3c(n2)C(=O)NCCCCCCN2C=C(C=I2)c2cccc(n2)C(=O)N3)CC1. The third-order valence-electron chi connectivity index (χ3n) is 6.89. The molecule has 4 bridgehead atoms. The molecular weight excluding hydrogens is 621 g/mol. The molecule has 2 amide bonds. The van der Waals surface area contributed by atoms with E-state index in [1.54, 1.807) is 16.9 Å². The summed E-state index contributed by atoms with van der Waals surface area (Å²) >= 11 is -0.226. The van der Waals surface area contributed by atoms with E-state index in [9.17, 15) is 18.0 Å². The molecule has 0 radical (unpaired) electrons. The molecule has 3 aliphatic rings. The second kappa shape index (κ2) is 11.6. The van der Waals surface area contributed by atoms with Crippen LogP contribution in [0.4, 0.5) is 5.69 Å². The van der Waals surface area contributed by atoms with Crippen molar-refractivity contribution in [2.75, 3.05) is 37.8 Å². The Bertz CT molecular complexity index is 1380. The number of nitrogens with one attached hydrogen (secondary N) is 2. The van der Waals surface area contributed by atoms with Crippen molar-refractivity contribution in [1.82, 2.24) is 27.5 Å². The minimum absolute atomic E-state index is 0.0793. The van der Waals surface area contributed by atoms with Crippen molar-refractivity contribution >= 4 is 58.1 Å². The maximum atomic E-state index is 13.2. The van der Waals surface area contributed by atoms with Gasteiger partial charge in [0.05, 0.1) is 23.7 Å². The number of anilines is 1. The van der Waals surface area contributed by atoms with E-state index < -0.39 is 15.9 Å². The van der Waals surface area contributed by atoms with Gasteiger partial charge in [0.2, 0.25) is 10.0 Å². The highest BCUT2D eigenvalue weighted by Crippen LogP contribution is 2.28. The molecule has 1 fully saturated rings. The Balaban J connectivity index is 1.41. The summed E-state index contributed by atoms with van der Waals surface area (Å²) in [6.07, 6.45) is 10.2. The fourth-order valence-corrected chi connectivity index (χ4v) is 7.86. The van der Waals surface area contributed by atoms with E-state index in [-0.39, 0.29) is 44.3 Å². The molecule has 204 valence electrons. The van der Waals surface area contributed by atoms with Gasteiger partial charge in [-0.05, 0) is 62.8 Å². The third kappa shape index (κ3) is 6.31. The molecule has 13 heteroatoms. The lowest BCUT2D eigenvalue weighted by molar-refractivity contribution is 0.0947. The number of piperidine rings is 1. The predicted molar refractivity (Wildman–Crippen MR) is 155 cm³/mol. The van der Waals surface area contributed by atoms with Gasteiger partial charge in [0.15, 0.2) is 5.69 Å². The summed E-state index contributed by atoms with van der Waals surface area (Å²) in [6, 6.07) is 5.30. The highest BCUT2D eigenvalue weighted by atomic mass is 127. The van der Waals surface area contributed by atoms with Crippen LogP contribution in [0.25, 0.3) is 5.57 Å². The maximum Gasteiger partial charge on any atom is 0.274 e. The Hall–Kier alpha value is -2.65. The molecule has 5 rings (SSSR count). The molecular formula is C25H32IN7O4S. The number of pyridine rings is 1. The van der Waals surface area contributed by atoms with Crippen LogP contribution < -0.4 is 10.6 Å². The molecule has 11 nitrogen and oxygen atoms in total. The second-order valence-corrected chi connectivity index (χ2v) is 14.1. The van der Waals surface area contributed by atoms with Crippen molar-refractivity contribution in [3.8, 4) is 0 Å². The Morgan fingerprint density at radius 3 is 2.55 bits per heavy atom. The van der Waals surface area contributed by atoms with Gasteiger partial charge in [0, 0.05) is 44.1 Å².